The normalized spacial score (nSPS) is 19.7. The van der Waals surface area contributed by atoms with E-state index in [4.69, 9.17) is 0 Å². The van der Waals surface area contributed by atoms with Gasteiger partial charge in [-0.05, 0) is 19.0 Å². The van der Waals surface area contributed by atoms with Gasteiger partial charge in [-0.3, -0.25) is 4.68 Å². The molecule has 0 saturated heterocycles. The van der Waals surface area contributed by atoms with Crippen LogP contribution in [-0.4, -0.2) is 21.5 Å². The number of allylic oxidation sites excluding steroid dienone is 1. The molecule has 2 rings (SSSR count). The van der Waals surface area contributed by atoms with Gasteiger partial charge in [-0.15, -0.1) is 5.10 Å². The molecular formula is C12H20N4. The first-order chi connectivity index (χ1) is 7.90. The molecule has 4 heteroatoms. The third-order valence-corrected chi connectivity index (χ3v) is 2.97. The monoisotopic (exact) mass is 220 g/mol. The van der Waals surface area contributed by atoms with Crippen LogP contribution in [0.5, 0.6) is 0 Å². The van der Waals surface area contributed by atoms with Crippen molar-refractivity contribution in [1.82, 2.24) is 20.3 Å². The third-order valence-electron chi connectivity index (χ3n) is 2.97. The Morgan fingerprint density at radius 3 is 3.19 bits per heavy atom. The molecule has 0 amide bonds. The lowest BCUT2D eigenvalue weighted by atomic mass is 10.0. The summed E-state index contributed by atoms with van der Waals surface area (Å²) in [5.41, 5.74) is 1.11. The molecule has 4 nitrogen and oxygen atoms in total. The number of nitrogens with one attached hydrogen (secondary N) is 1. The first kappa shape index (κ1) is 11.2. The lowest BCUT2D eigenvalue weighted by Gasteiger charge is -2.14. The Kier molecular flexibility index (Phi) is 3.97. The van der Waals surface area contributed by atoms with Crippen LogP contribution in [0.1, 0.15) is 44.2 Å². The number of aryl methyl sites for hydroxylation is 1. The minimum Gasteiger partial charge on any atom is -0.391 e. The van der Waals surface area contributed by atoms with Crippen molar-refractivity contribution in [2.75, 3.05) is 6.54 Å². The standard InChI is InChI=1S/C12H20N4/c1-2-3-4-9-16-10-12(14-15-16)11-5-7-13-8-6-11/h5,7,10-11,13H,2-4,6,8-9H2,1H3. The molecule has 1 aromatic heterocycles. The Labute approximate surface area is 96.7 Å². The maximum Gasteiger partial charge on any atom is 0.0896 e. The van der Waals surface area contributed by atoms with E-state index in [0.717, 1.165) is 25.2 Å². The maximum absolute atomic E-state index is 4.25. The molecule has 1 aromatic rings. The molecule has 0 fully saturated rings. The highest BCUT2D eigenvalue weighted by Gasteiger charge is 2.14. The quantitative estimate of drug-likeness (QED) is 0.772. The molecular weight excluding hydrogens is 200 g/mol. The fourth-order valence-electron chi connectivity index (χ4n) is 1.97. The topological polar surface area (TPSA) is 42.7 Å². The zero-order chi connectivity index (χ0) is 11.2. The second kappa shape index (κ2) is 5.68. The van der Waals surface area contributed by atoms with E-state index in [1.807, 2.05) is 10.9 Å². The van der Waals surface area contributed by atoms with Gasteiger partial charge in [0.25, 0.3) is 0 Å². The molecule has 0 aliphatic carbocycles. The van der Waals surface area contributed by atoms with Crippen LogP contribution in [0.4, 0.5) is 0 Å². The fourth-order valence-corrected chi connectivity index (χ4v) is 1.97. The highest BCUT2D eigenvalue weighted by atomic mass is 15.4. The van der Waals surface area contributed by atoms with E-state index in [0.29, 0.717) is 5.92 Å². The van der Waals surface area contributed by atoms with Crippen LogP contribution in [0.15, 0.2) is 18.5 Å². The molecule has 1 unspecified atom stereocenters. The molecule has 0 saturated carbocycles. The summed E-state index contributed by atoms with van der Waals surface area (Å²) in [7, 11) is 0. The van der Waals surface area contributed by atoms with E-state index < -0.39 is 0 Å². The number of rotatable bonds is 5. The van der Waals surface area contributed by atoms with Gasteiger partial charge in [0, 0.05) is 25.2 Å². The van der Waals surface area contributed by atoms with Crippen molar-refractivity contribution >= 4 is 0 Å². The molecule has 0 bridgehead atoms. The van der Waals surface area contributed by atoms with Crippen molar-refractivity contribution in [3.8, 4) is 0 Å². The lowest BCUT2D eigenvalue weighted by Crippen LogP contribution is -2.16. The number of hydrogen-bond donors (Lipinski definition) is 1. The molecule has 0 radical (unpaired) electrons. The lowest BCUT2D eigenvalue weighted by molar-refractivity contribution is 0.537. The largest absolute Gasteiger partial charge is 0.391 e. The third kappa shape index (κ3) is 2.84. The second-order valence-electron chi connectivity index (χ2n) is 4.32. The maximum atomic E-state index is 4.25. The Morgan fingerprint density at radius 2 is 2.44 bits per heavy atom. The first-order valence-corrected chi connectivity index (χ1v) is 6.20. The zero-order valence-corrected chi connectivity index (χ0v) is 9.89. The molecule has 0 spiro atoms. The summed E-state index contributed by atoms with van der Waals surface area (Å²) in [4.78, 5) is 0. The van der Waals surface area contributed by atoms with Crippen molar-refractivity contribution in [2.24, 2.45) is 0 Å². The number of hydrogen-bond acceptors (Lipinski definition) is 3. The Bertz CT molecular complexity index is 343. The first-order valence-electron chi connectivity index (χ1n) is 6.20. The SMILES string of the molecule is CCCCCn1cc(C2C=CNCC2)nn1. The van der Waals surface area contributed by atoms with Gasteiger partial charge in [-0.2, -0.15) is 0 Å². The van der Waals surface area contributed by atoms with Crippen molar-refractivity contribution in [3.05, 3.63) is 24.2 Å². The van der Waals surface area contributed by atoms with Crippen molar-refractivity contribution in [3.63, 3.8) is 0 Å². The minimum atomic E-state index is 0.446. The van der Waals surface area contributed by atoms with Gasteiger partial charge >= 0.3 is 0 Å². The van der Waals surface area contributed by atoms with Gasteiger partial charge in [-0.1, -0.05) is 31.1 Å². The van der Waals surface area contributed by atoms with E-state index in [9.17, 15) is 0 Å². The number of unbranched alkanes of at least 4 members (excludes halogenated alkanes) is 2. The van der Waals surface area contributed by atoms with Gasteiger partial charge in [0.2, 0.25) is 0 Å². The van der Waals surface area contributed by atoms with E-state index in [1.165, 1.54) is 19.3 Å². The van der Waals surface area contributed by atoms with E-state index in [1.54, 1.807) is 0 Å². The summed E-state index contributed by atoms with van der Waals surface area (Å²) in [6.45, 7) is 4.24. The van der Waals surface area contributed by atoms with E-state index in [-0.39, 0.29) is 0 Å². The van der Waals surface area contributed by atoms with E-state index in [2.05, 4.69) is 34.8 Å². The Balaban J connectivity index is 1.91. The van der Waals surface area contributed by atoms with E-state index >= 15 is 0 Å². The predicted molar refractivity (Wildman–Crippen MR) is 64.0 cm³/mol. The van der Waals surface area contributed by atoms with Crippen LogP contribution in [0, 0.1) is 0 Å². The summed E-state index contributed by atoms with van der Waals surface area (Å²) in [6.07, 6.45) is 11.1. The minimum absolute atomic E-state index is 0.446. The van der Waals surface area contributed by atoms with Crippen LogP contribution in [0.3, 0.4) is 0 Å². The Morgan fingerprint density at radius 1 is 1.50 bits per heavy atom. The van der Waals surface area contributed by atoms with Gasteiger partial charge < -0.3 is 5.32 Å². The molecule has 0 aromatic carbocycles. The highest BCUT2D eigenvalue weighted by molar-refractivity contribution is 5.13. The van der Waals surface area contributed by atoms with Crippen LogP contribution in [0.25, 0.3) is 0 Å². The van der Waals surface area contributed by atoms with Gasteiger partial charge in [0.15, 0.2) is 0 Å². The van der Waals surface area contributed by atoms with Crippen LogP contribution in [-0.2, 0) is 6.54 Å². The summed E-state index contributed by atoms with van der Waals surface area (Å²) in [5.74, 6) is 0.446. The highest BCUT2D eigenvalue weighted by Crippen LogP contribution is 2.20. The average molecular weight is 220 g/mol. The Hall–Kier alpha value is -1.32. The van der Waals surface area contributed by atoms with Crippen LogP contribution >= 0.6 is 0 Å². The van der Waals surface area contributed by atoms with Crippen molar-refractivity contribution in [2.45, 2.75) is 45.1 Å². The van der Waals surface area contributed by atoms with Gasteiger partial charge in [-0.25, -0.2) is 0 Å². The molecule has 1 aliphatic rings. The molecule has 88 valence electrons. The molecule has 16 heavy (non-hydrogen) atoms. The summed E-state index contributed by atoms with van der Waals surface area (Å²) < 4.78 is 1.97. The smallest absolute Gasteiger partial charge is 0.0896 e. The fraction of sp³-hybridized carbons (Fsp3) is 0.667. The summed E-state index contributed by atoms with van der Waals surface area (Å²) >= 11 is 0. The summed E-state index contributed by atoms with van der Waals surface area (Å²) in [5, 5.41) is 11.6. The number of nitrogens with zero attached hydrogens (tertiary/aromatic N) is 3. The van der Waals surface area contributed by atoms with Crippen LogP contribution < -0.4 is 5.32 Å². The second-order valence-corrected chi connectivity index (χ2v) is 4.32. The zero-order valence-electron chi connectivity index (χ0n) is 9.89. The van der Waals surface area contributed by atoms with Crippen LogP contribution in [0.2, 0.25) is 0 Å². The predicted octanol–water partition coefficient (Wildman–Crippen LogP) is 2.06. The molecule has 2 heterocycles. The number of aromatic nitrogens is 3. The average Bonchev–Trinajstić information content (AvgIpc) is 2.79. The summed E-state index contributed by atoms with van der Waals surface area (Å²) in [6, 6.07) is 0. The van der Waals surface area contributed by atoms with Gasteiger partial charge in [0.1, 0.15) is 0 Å². The van der Waals surface area contributed by atoms with Gasteiger partial charge in [0.05, 0.1) is 5.69 Å². The molecule has 1 aliphatic heterocycles. The molecule has 1 N–H and O–H groups in total. The van der Waals surface area contributed by atoms with Crippen molar-refractivity contribution in [1.29, 1.82) is 0 Å². The van der Waals surface area contributed by atoms with Crippen molar-refractivity contribution < 1.29 is 0 Å². The molecule has 1 atom stereocenters.